The van der Waals surface area contributed by atoms with Crippen molar-refractivity contribution in [3.63, 3.8) is 0 Å². The smallest absolute Gasteiger partial charge is 0.326 e. The Hall–Kier alpha value is -1.66. The van der Waals surface area contributed by atoms with Crippen LogP contribution in [0.5, 0.6) is 0 Å². The summed E-state index contributed by atoms with van der Waals surface area (Å²) in [6.07, 6.45) is -0.539. The molecule has 0 aromatic heterocycles. The highest BCUT2D eigenvalue weighted by molar-refractivity contribution is 6.73. The Balaban J connectivity index is 2.33. The van der Waals surface area contributed by atoms with Gasteiger partial charge in [0.25, 0.3) is 5.91 Å². The number of hydrogen-bond acceptors (Lipinski definition) is 3. The number of imide groups is 1. The highest BCUT2D eigenvalue weighted by Gasteiger charge is 2.55. The summed E-state index contributed by atoms with van der Waals surface area (Å²) in [5.74, 6) is -0.213. The van der Waals surface area contributed by atoms with E-state index in [4.69, 9.17) is 4.43 Å². The predicted molar refractivity (Wildman–Crippen MR) is 97.2 cm³/mol. The minimum atomic E-state index is -1.93. The van der Waals surface area contributed by atoms with Crippen molar-refractivity contribution in [2.24, 2.45) is 0 Å². The van der Waals surface area contributed by atoms with Gasteiger partial charge in [-0.05, 0) is 23.7 Å². The number of carbonyl (C=O) groups excluding carboxylic acids is 2. The number of benzene rings is 1. The van der Waals surface area contributed by atoms with Crippen LogP contribution in [-0.2, 0) is 9.22 Å². The van der Waals surface area contributed by atoms with E-state index in [1.165, 1.54) is 9.80 Å². The van der Waals surface area contributed by atoms with Gasteiger partial charge in [-0.2, -0.15) is 0 Å². The van der Waals surface area contributed by atoms with Crippen LogP contribution in [0.2, 0.25) is 18.1 Å². The molecule has 2 rings (SSSR count). The Labute approximate surface area is 145 Å². The molecule has 0 N–H and O–H groups in total. The Morgan fingerprint density at radius 3 is 2.12 bits per heavy atom. The van der Waals surface area contributed by atoms with Gasteiger partial charge in [0.15, 0.2) is 14.4 Å². The summed E-state index contributed by atoms with van der Waals surface area (Å²) in [6, 6.07) is 12.0. The summed E-state index contributed by atoms with van der Waals surface area (Å²) in [7, 11) is 1.39. The van der Waals surface area contributed by atoms with Crippen LogP contribution in [0.4, 0.5) is 4.79 Å². The first-order valence-electron chi connectivity index (χ1n) is 8.67. The van der Waals surface area contributed by atoms with Gasteiger partial charge in [-0.15, -0.1) is 0 Å². The van der Waals surface area contributed by atoms with Crippen LogP contribution in [-0.4, -0.2) is 50.3 Å². The molecule has 3 amide bonds. The summed E-state index contributed by atoms with van der Waals surface area (Å²) < 4.78 is 6.44. The van der Waals surface area contributed by atoms with Gasteiger partial charge >= 0.3 is 6.03 Å². The molecule has 1 saturated heterocycles. The maximum Gasteiger partial charge on any atom is 0.326 e. The van der Waals surface area contributed by atoms with Gasteiger partial charge in [0.1, 0.15) is 6.04 Å². The number of amides is 3. The van der Waals surface area contributed by atoms with Crippen LogP contribution >= 0.6 is 0 Å². The van der Waals surface area contributed by atoms with Gasteiger partial charge in [0.05, 0.1) is 0 Å². The molecule has 1 aromatic rings. The van der Waals surface area contributed by atoms with Gasteiger partial charge in [-0.1, -0.05) is 51.1 Å². The zero-order valence-electron chi connectivity index (χ0n) is 15.3. The van der Waals surface area contributed by atoms with Crippen molar-refractivity contribution in [1.82, 2.24) is 9.80 Å². The first kappa shape index (κ1) is 18.7. The second-order valence-electron chi connectivity index (χ2n) is 6.52. The van der Waals surface area contributed by atoms with Crippen molar-refractivity contribution in [3.05, 3.63) is 35.9 Å². The van der Waals surface area contributed by atoms with Gasteiger partial charge < -0.3 is 9.33 Å². The highest BCUT2D eigenvalue weighted by Crippen LogP contribution is 2.40. The topological polar surface area (TPSA) is 49.9 Å². The molecule has 1 aliphatic rings. The molecular formula is C18H28N2O3Si. The van der Waals surface area contributed by atoms with Crippen molar-refractivity contribution >= 4 is 20.3 Å². The first-order valence-corrected chi connectivity index (χ1v) is 11.2. The summed E-state index contributed by atoms with van der Waals surface area (Å²) in [5.41, 5.74) is 0.948. The molecule has 1 aromatic carbocycles. The van der Waals surface area contributed by atoms with Crippen LogP contribution < -0.4 is 0 Å². The van der Waals surface area contributed by atoms with E-state index in [9.17, 15) is 9.59 Å². The van der Waals surface area contributed by atoms with E-state index >= 15 is 0 Å². The molecule has 0 radical (unpaired) electrons. The number of carbonyl (C=O) groups is 2. The zero-order valence-corrected chi connectivity index (χ0v) is 16.3. The van der Waals surface area contributed by atoms with E-state index in [1.54, 1.807) is 14.1 Å². The lowest BCUT2D eigenvalue weighted by Crippen LogP contribution is -2.66. The van der Waals surface area contributed by atoms with Gasteiger partial charge in [-0.25, -0.2) is 4.79 Å². The molecule has 0 saturated carbocycles. The summed E-state index contributed by atoms with van der Waals surface area (Å²) in [6.45, 7) is 6.42. The van der Waals surface area contributed by atoms with E-state index < -0.39 is 14.4 Å². The van der Waals surface area contributed by atoms with Crippen molar-refractivity contribution in [3.8, 4) is 0 Å². The number of urea groups is 1. The van der Waals surface area contributed by atoms with Crippen molar-refractivity contribution in [2.75, 3.05) is 14.1 Å². The Morgan fingerprint density at radius 2 is 1.67 bits per heavy atom. The fourth-order valence-corrected chi connectivity index (χ4v) is 6.02. The van der Waals surface area contributed by atoms with Gasteiger partial charge in [0, 0.05) is 14.1 Å². The normalized spacial score (nSPS) is 20.7. The predicted octanol–water partition coefficient (Wildman–Crippen LogP) is 3.64. The molecule has 132 valence electrons. The number of β-lactam (4-membered cyclic amide) rings is 1. The van der Waals surface area contributed by atoms with E-state index in [2.05, 4.69) is 20.8 Å². The van der Waals surface area contributed by atoms with Crippen LogP contribution in [0, 0.1) is 0 Å². The van der Waals surface area contributed by atoms with Crippen LogP contribution in [0.15, 0.2) is 30.3 Å². The van der Waals surface area contributed by atoms with E-state index in [0.717, 1.165) is 23.7 Å². The standard InChI is InChI=1S/C18H28N2O3Si/c1-6-24(7-2,8-3)23-16-15(14-12-10-9-11-13-14)20(17(16)21)18(22)19(4)5/h9-13,15-16H,6-8H2,1-5H3/t15?,16-/m0/s1. The third-order valence-corrected chi connectivity index (χ3v) is 9.71. The molecule has 0 aliphatic carbocycles. The number of nitrogens with zero attached hydrogens (tertiary/aromatic N) is 2. The minimum Gasteiger partial charge on any atom is -0.403 e. The van der Waals surface area contributed by atoms with Crippen LogP contribution in [0.1, 0.15) is 32.4 Å². The second-order valence-corrected chi connectivity index (χ2v) is 11.2. The quantitative estimate of drug-likeness (QED) is 0.582. The van der Waals surface area contributed by atoms with Gasteiger partial charge in [-0.3, -0.25) is 9.69 Å². The number of rotatable bonds is 6. The molecule has 24 heavy (non-hydrogen) atoms. The third-order valence-electron chi connectivity index (χ3n) is 5.09. The van der Waals surface area contributed by atoms with Crippen molar-refractivity contribution in [1.29, 1.82) is 0 Å². The fraction of sp³-hybridized carbons (Fsp3) is 0.556. The van der Waals surface area contributed by atoms with E-state index in [0.29, 0.717) is 0 Å². The molecule has 1 unspecified atom stereocenters. The van der Waals surface area contributed by atoms with Gasteiger partial charge in [0.2, 0.25) is 0 Å². The monoisotopic (exact) mass is 348 g/mol. The summed E-state index contributed by atoms with van der Waals surface area (Å²) in [5, 5.41) is 0. The van der Waals surface area contributed by atoms with Crippen molar-refractivity contribution in [2.45, 2.75) is 51.0 Å². The lowest BCUT2D eigenvalue weighted by Gasteiger charge is -2.49. The molecular weight excluding hydrogens is 320 g/mol. The maximum atomic E-state index is 12.7. The molecule has 1 aliphatic heterocycles. The second kappa shape index (κ2) is 7.48. The minimum absolute atomic E-state index is 0.213. The molecule has 0 bridgehead atoms. The summed E-state index contributed by atoms with van der Waals surface area (Å²) in [4.78, 5) is 27.9. The molecule has 1 heterocycles. The van der Waals surface area contributed by atoms with Crippen molar-refractivity contribution < 1.29 is 14.0 Å². The molecule has 6 heteroatoms. The van der Waals surface area contributed by atoms with E-state index in [-0.39, 0.29) is 18.0 Å². The zero-order chi connectivity index (χ0) is 17.9. The van der Waals surface area contributed by atoms with E-state index in [1.807, 2.05) is 30.3 Å². The van der Waals surface area contributed by atoms with Crippen LogP contribution in [0.25, 0.3) is 0 Å². The lowest BCUT2D eigenvalue weighted by molar-refractivity contribution is -0.159. The molecule has 2 atom stereocenters. The summed E-state index contributed by atoms with van der Waals surface area (Å²) >= 11 is 0. The number of hydrogen-bond donors (Lipinski definition) is 0. The van der Waals surface area contributed by atoms with Crippen LogP contribution in [0.3, 0.4) is 0 Å². The molecule has 5 nitrogen and oxygen atoms in total. The highest BCUT2D eigenvalue weighted by atomic mass is 28.4. The maximum absolute atomic E-state index is 12.7. The number of likely N-dealkylation sites (tertiary alicyclic amines) is 1. The molecule has 0 spiro atoms. The Morgan fingerprint density at radius 1 is 1.12 bits per heavy atom. The average Bonchev–Trinajstić information content (AvgIpc) is 2.61. The average molecular weight is 349 g/mol. The Kier molecular flexibility index (Phi) is 5.82. The largest absolute Gasteiger partial charge is 0.403 e. The lowest BCUT2D eigenvalue weighted by atomic mass is 9.91. The first-order chi connectivity index (χ1) is 11.4. The third kappa shape index (κ3) is 3.25. The Bertz CT molecular complexity index is 579. The molecule has 1 fully saturated rings. The fourth-order valence-electron chi connectivity index (χ4n) is 3.25. The SMILES string of the molecule is CC[Si](CC)(CC)O[C@@H]1C(=O)N(C(=O)N(C)C)C1c1ccccc1.